The van der Waals surface area contributed by atoms with Gasteiger partial charge in [0.15, 0.2) is 0 Å². The normalized spacial score (nSPS) is 18.4. The van der Waals surface area contributed by atoms with Crippen LogP contribution in [-0.4, -0.2) is 42.3 Å². The highest BCUT2D eigenvalue weighted by molar-refractivity contribution is 5.91. The molecule has 0 aromatic heterocycles. The standard InChI is InChI=1S/C16H24N2O3/c1-2-10-21-15-8-4-3-7-14(15)17-16(20)18-9-5-6-13(11-18)12-19/h3-4,7-8,13,19H,2,5-6,9-12H2,1H3,(H,17,20). The van der Waals surface area contributed by atoms with Gasteiger partial charge in [-0.3, -0.25) is 0 Å². The van der Waals surface area contributed by atoms with Crippen LogP contribution in [0.3, 0.4) is 0 Å². The molecule has 0 bridgehead atoms. The van der Waals surface area contributed by atoms with Gasteiger partial charge in [0, 0.05) is 19.7 Å². The van der Waals surface area contributed by atoms with Crippen molar-refractivity contribution in [1.29, 1.82) is 0 Å². The van der Waals surface area contributed by atoms with Crippen molar-refractivity contribution < 1.29 is 14.6 Å². The maximum absolute atomic E-state index is 12.3. The summed E-state index contributed by atoms with van der Waals surface area (Å²) in [5.74, 6) is 0.888. The maximum Gasteiger partial charge on any atom is 0.321 e. The van der Waals surface area contributed by atoms with Crippen molar-refractivity contribution in [2.45, 2.75) is 26.2 Å². The zero-order valence-electron chi connectivity index (χ0n) is 12.5. The molecule has 1 fully saturated rings. The highest BCUT2D eigenvalue weighted by atomic mass is 16.5. The van der Waals surface area contributed by atoms with E-state index < -0.39 is 0 Å². The predicted octanol–water partition coefficient (Wildman–Crippen LogP) is 2.71. The summed E-state index contributed by atoms with van der Waals surface area (Å²) >= 11 is 0. The summed E-state index contributed by atoms with van der Waals surface area (Å²) in [6, 6.07) is 7.35. The predicted molar refractivity (Wildman–Crippen MR) is 82.6 cm³/mol. The number of ether oxygens (including phenoxy) is 1. The Bertz CT molecular complexity index is 465. The van der Waals surface area contributed by atoms with E-state index in [0.717, 1.165) is 25.8 Å². The third kappa shape index (κ3) is 4.36. The van der Waals surface area contributed by atoms with Gasteiger partial charge in [-0.15, -0.1) is 0 Å². The summed E-state index contributed by atoms with van der Waals surface area (Å²) in [6.07, 6.45) is 2.84. The number of aliphatic hydroxyl groups is 1. The fraction of sp³-hybridized carbons (Fsp3) is 0.562. The topological polar surface area (TPSA) is 61.8 Å². The molecule has 2 rings (SSSR count). The lowest BCUT2D eigenvalue weighted by Gasteiger charge is -2.32. The van der Waals surface area contributed by atoms with E-state index in [9.17, 15) is 9.90 Å². The van der Waals surface area contributed by atoms with Crippen molar-refractivity contribution in [2.24, 2.45) is 5.92 Å². The van der Waals surface area contributed by atoms with Gasteiger partial charge in [0.25, 0.3) is 0 Å². The molecule has 1 atom stereocenters. The number of aliphatic hydroxyl groups excluding tert-OH is 1. The third-order valence-electron chi connectivity index (χ3n) is 3.65. The van der Waals surface area contributed by atoms with Gasteiger partial charge in [-0.05, 0) is 37.3 Å². The molecule has 0 saturated carbocycles. The molecular formula is C16H24N2O3. The van der Waals surface area contributed by atoms with Gasteiger partial charge >= 0.3 is 6.03 Å². The number of piperidine rings is 1. The SMILES string of the molecule is CCCOc1ccccc1NC(=O)N1CCCC(CO)C1. The minimum atomic E-state index is -0.124. The van der Waals surface area contributed by atoms with Crippen molar-refractivity contribution >= 4 is 11.7 Å². The van der Waals surface area contributed by atoms with Crippen LogP contribution in [-0.2, 0) is 0 Å². The second kappa shape index (κ2) is 7.88. The zero-order valence-corrected chi connectivity index (χ0v) is 12.5. The minimum Gasteiger partial charge on any atom is -0.491 e. The van der Waals surface area contributed by atoms with E-state index in [1.807, 2.05) is 31.2 Å². The Hall–Kier alpha value is -1.75. The van der Waals surface area contributed by atoms with Gasteiger partial charge in [0.2, 0.25) is 0 Å². The molecule has 1 aliphatic heterocycles. The number of likely N-dealkylation sites (tertiary alicyclic amines) is 1. The summed E-state index contributed by atoms with van der Waals surface area (Å²) in [4.78, 5) is 14.1. The van der Waals surface area contributed by atoms with E-state index in [1.165, 1.54) is 0 Å². The average Bonchev–Trinajstić information content (AvgIpc) is 2.54. The molecule has 1 heterocycles. The van der Waals surface area contributed by atoms with Crippen LogP contribution < -0.4 is 10.1 Å². The highest BCUT2D eigenvalue weighted by Gasteiger charge is 2.23. The lowest BCUT2D eigenvalue weighted by molar-refractivity contribution is 0.136. The number of para-hydroxylation sites is 2. The number of hydrogen-bond donors (Lipinski definition) is 2. The summed E-state index contributed by atoms with van der Waals surface area (Å²) < 4.78 is 5.64. The molecule has 0 radical (unpaired) electrons. The number of rotatable bonds is 5. The largest absolute Gasteiger partial charge is 0.491 e. The van der Waals surface area contributed by atoms with E-state index in [4.69, 9.17) is 4.74 Å². The van der Waals surface area contributed by atoms with E-state index in [2.05, 4.69) is 5.32 Å². The summed E-state index contributed by atoms with van der Waals surface area (Å²) in [5, 5.41) is 12.2. The molecule has 1 unspecified atom stereocenters. The molecular weight excluding hydrogens is 268 g/mol. The van der Waals surface area contributed by atoms with E-state index in [0.29, 0.717) is 24.6 Å². The van der Waals surface area contributed by atoms with Crippen molar-refractivity contribution in [2.75, 3.05) is 31.6 Å². The van der Waals surface area contributed by atoms with Crippen LogP contribution in [0.15, 0.2) is 24.3 Å². The van der Waals surface area contributed by atoms with Gasteiger partial charge < -0.3 is 20.1 Å². The monoisotopic (exact) mass is 292 g/mol. The Morgan fingerprint density at radius 1 is 1.48 bits per heavy atom. The molecule has 2 N–H and O–H groups in total. The number of hydrogen-bond acceptors (Lipinski definition) is 3. The van der Waals surface area contributed by atoms with Crippen molar-refractivity contribution in [1.82, 2.24) is 4.90 Å². The van der Waals surface area contributed by atoms with Crippen LogP contribution in [0.5, 0.6) is 5.75 Å². The summed E-state index contributed by atoms with van der Waals surface area (Å²) in [6.45, 7) is 4.16. The lowest BCUT2D eigenvalue weighted by atomic mass is 9.99. The number of amides is 2. The summed E-state index contributed by atoms with van der Waals surface area (Å²) in [5.41, 5.74) is 0.696. The Kier molecular flexibility index (Phi) is 5.87. The minimum absolute atomic E-state index is 0.124. The number of nitrogens with one attached hydrogen (secondary N) is 1. The number of benzene rings is 1. The third-order valence-corrected chi connectivity index (χ3v) is 3.65. The van der Waals surface area contributed by atoms with Gasteiger partial charge in [-0.1, -0.05) is 19.1 Å². The Labute approximate surface area is 125 Å². The molecule has 0 aliphatic carbocycles. The molecule has 1 aromatic carbocycles. The van der Waals surface area contributed by atoms with Crippen LogP contribution in [0.25, 0.3) is 0 Å². The van der Waals surface area contributed by atoms with E-state index in [1.54, 1.807) is 4.90 Å². The number of urea groups is 1. The summed E-state index contributed by atoms with van der Waals surface area (Å²) in [7, 11) is 0. The Balaban J connectivity index is 1.98. The first-order valence-corrected chi connectivity index (χ1v) is 7.63. The number of carbonyl (C=O) groups is 1. The Morgan fingerprint density at radius 2 is 2.29 bits per heavy atom. The van der Waals surface area contributed by atoms with Crippen LogP contribution >= 0.6 is 0 Å². The molecule has 5 nitrogen and oxygen atoms in total. The zero-order chi connectivity index (χ0) is 15.1. The van der Waals surface area contributed by atoms with Crippen molar-refractivity contribution in [3.63, 3.8) is 0 Å². The van der Waals surface area contributed by atoms with Crippen LogP contribution in [0.2, 0.25) is 0 Å². The second-order valence-corrected chi connectivity index (χ2v) is 5.41. The highest BCUT2D eigenvalue weighted by Crippen LogP contribution is 2.25. The van der Waals surface area contributed by atoms with Crippen molar-refractivity contribution in [3.8, 4) is 5.75 Å². The van der Waals surface area contributed by atoms with Gasteiger partial charge in [-0.2, -0.15) is 0 Å². The van der Waals surface area contributed by atoms with Gasteiger partial charge in [0.1, 0.15) is 5.75 Å². The lowest BCUT2D eigenvalue weighted by Crippen LogP contribution is -2.43. The number of anilines is 1. The second-order valence-electron chi connectivity index (χ2n) is 5.41. The molecule has 1 aliphatic rings. The first-order valence-electron chi connectivity index (χ1n) is 7.63. The fourth-order valence-corrected chi connectivity index (χ4v) is 2.50. The molecule has 1 aromatic rings. The van der Waals surface area contributed by atoms with Crippen LogP contribution in [0, 0.1) is 5.92 Å². The van der Waals surface area contributed by atoms with Crippen LogP contribution in [0.4, 0.5) is 10.5 Å². The fourth-order valence-electron chi connectivity index (χ4n) is 2.50. The van der Waals surface area contributed by atoms with Gasteiger partial charge in [-0.25, -0.2) is 4.79 Å². The molecule has 21 heavy (non-hydrogen) atoms. The molecule has 5 heteroatoms. The average molecular weight is 292 g/mol. The number of carbonyl (C=O) groups excluding carboxylic acids is 1. The quantitative estimate of drug-likeness (QED) is 0.877. The van der Waals surface area contributed by atoms with Crippen molar-refractivity contribution in [3.05, 3.63) is 24.3 Å². The molecule has 1 saturated heterocycles. The van der Waals surface area contributed by atoms with E-state index >= 15 is 0 Å². The smallest absolute Gasteiger partial charge is 0.321 e. The molecule has 116 valence electrons. The van der Waals surface area contributed by atoms with E-state index in [-0.39, 0.29) is 18.6 Å². The van der Waals surface area contributed by atoms with Gasteiger partial charge in [0.05, 0.1) is 12.3 Å². The first kappa shape index (κ1) is 15.6. The maximum atomic E-state index is 12.3. The van der Waals surface area contributed by atoms with Crippen LogP contribution in [0.1, 0.15) is 26.2 Å². The Morgan fingerprint density at radius 3 is 3.05 bits per heavy atom. The number of nitrogens with zero attached hydrogens (tertiary/aromatic N) is 1. The molecule has 0 spiro atoms. The molecule has 2 amide bonds. The first-order chi connectivity index (χ1) is 10.2.